The molecule has 0 bridgehead atoms. The smallest absolute Gasteiger partial charge is 0.244 e. The molecule has 1 atom stereocenters. The minimum atomic E-state index is -3.51. The van der Waals surface area contributed by atoms with E-state index in [1.807, 2.05) is 20.8 Å². The fraction of sp³-hybridized carbons (Fsp3) is 0.643. The Kier molecular flexibility index (Phi) is 4.16. The maximum atomic E-state index is 12.6. The van der Waals surface area contributed by atoms with Gasteiger partial charge in [0.05, 0.1) is 11.4 Å². The Morgan fingerprint density at radius 1 is 1.14 bits per heavy atom. The summed E-state index contributed by atoms with van der Waals surface area (Å²) in [6.07, 6.45) is 0. The Morgan fingerprint density at radius 2 is 1.77 bits per heavy atom. The van der Waals surface area contributed by atoms with E-state index in [1.165, 1.54) is 0 Å². The van der Waals surface area contributed by atoms with E-state index >= 15 is 0 Å². The van der Waals surface area contributed by atoms with Crippen molar-refractivity contribution in [3.05, 3.63) is 28.7 Å². The monoisotopic (exact) mass is 327 g/mol. The van der Waals surface area contributed by atoms with Gasteiger partial charge in [-0.15, -0.1) is 0 Å². The van der Waals surface area contributed by atoms with Crippen LogP contribution in [0, 0.1) is 13.8 Å². The quantitative estimate of drug-likeness (QED) is 0.851. The third kappa shape index (κ3) is 3.21. The first-order valence-corrected chi connectivity index (χ1v) is 8.71. The molecule has 122 valence electrons. The van der Waals surface area contributed by atoms with Crippen molar-refractivity contribution < 1.29 is 17.5 Å². The lowest BCUT2D eigenvalue weighted by Crippen LogP contribution is -2.16. The molecule has 0 aliphatic carbocycles. The first kappa shape index (κ1) is 16.7. The molecule has 0 amide bonds. The van der Waals surface area contributed by atoms with Gasteiger partial charge in [0.25, 0.3) is 0 Å². The van der Waals surface area contributed by atoms with Crippen LogP contribution in [0.2, 0.25) is 0 Å². The number of nitrogens with zero attached hydrogens (tertiary/aromatic N) is 3. The van der Waals surface area contributed by atoms with Gasteiger partial charge >= 0.3 is 0 Å². The molecule has 8 heteroatoms. The summed E-state index contributed by atoms with van der Waals surface area (Å²) in [5.41, 5.74) is 0.865. The van der Waals surface area contributed by atoms with Crippen molar-refractivity contribution in [3.63, 3.8) is 0 Å². The van der Waals surface area contributed by atoms with Gasteiger partial charge in [-0.25, -0.2) is 8.42 Å². The van der Waals surface area contributed by atoms with E-state index in [-0.39, 0.29) is 17.1 Å². The molecule has 0 N–H and O–H groups in total. The van der Waals surface area contributed by atoms with Crippen LogP contribution in [0.15, 0.2) is 9.05 Å². The van der Waals surface area contributed by atoms with Gasteiger partial charge < -0.3 is 9.05 Å². The normalized spacial score (nSPS) is 14.3. The number of hydrogen-bond acceptors (Lipinski definition) is 7. The molecule has 0 saturated heterocycles. The van der Waals surface area contributed by atoms with Crippen LogP contribution in [-0.4, -0.2) is 23.7 Å². The van der Waals surface area contributed by atoms with Crippen LogP contribution in [-0.2, 0) is 21.0 Å². The summed E-state index contributed by atoms with van der Waals surface area (Å²) in [4.78, 5) is 4.23. The molecule has 0 radical (unpaired) electrons. The number of aromatic nitrogens is 3. The lowest BCUT2D eigenvalue weighted by Gasteiger charge is -2.11. The van der Waals surface area contributed by atoms with Gasteiger partial charge in [0.1, 0.15) is 11.0 Å². The predicted molar refractivity (Wildman–Crippen MR) is 80.0 cm³/mol. The van der Waals surface area contributed by atoms with Crippen LogP contribution >= 0.6 is 0 Å². The van der Waals surface area contributed by atoms with Crippen molar-refractivity contribution in [2.75, 3.05) is 0 Å². The lowest BCUT2D eigenvalue weighted by atomic mass is 9.96. The standard InChI is InChI=1S/C14H21N3O4S/c1-8-11(9(2)20-16-8)7-22(18,19)10(3)12-15-13(17-21-12)14(4,5)6/h10H,7H2,1-6H3. The Morgan fingerprint density at radius 3 is 2.23 bits per heavy atom. The fourth-order valence-corrected chi connectivity index (χ4v) is 3.36. The van der Waals surface area contributed by atoms with Crippen LogP contribution in [0.4, 0.5) is 0 Å². The lowest BCUT2D eigenvalue weighted by molar-refractivity contribution is 0.361. The Hall–Kier alpha value is -1.70. The Balaban J connectivity index is 2.28. The van der Waals surface area contributed by atoms with Gasteiger partial charge in [-0.1, -0.05) is 31.1 Å². The molecule has 0 aliphatic rings. The van der Waals surface area contributed by atoms with Gasteiger partial charge in [0, 0.05) is 11.0 Å². The predicted octanol–water partition coefficient (Wildman–Crippen LogP) is 2.65. The van der Waals surface area contributed by atoms with Crippen molar-refractivity contribution >= 4 is 9.84 Å². The molecular formula is C14H21N3O4S. The summed E-state index contributed by atoms with van der Waals surface area (Å²) < 4.78 is 35.3. The molecule has 0 saturated carbocycles. The van der Waals surface area contributed by atoms with E-state index in [1.54, 1.807) is 20.8 Å². The van der Waals surface area contributed by atoms with Crippen LogP contribution in [0.1, 0.15) is 61.7 Å². The molecule has 2 rings (SSSR count). The largest absolute Gasteiger partial charge is 0.361 e. The van der Waals surface area contributed by atoms with E-state index in [0.717, 1.165) is 0 Å². The maximum Gasteiger partial charge on any atom is 0.244 e. The van der Waals surface area contributed by atoms with Gasteiger partial charge in [-0.05, 0) is 20.8 Å². The summed E-state index contributed by atoms with van der Waals surface area (Å²) in [6.45, 7) is 10.8. The first-order chi connectivity index (χ1) is 10.0. The zero-order chi connectivity index (χ0) is 16.7. The molecule has 0 spiro atoms. The topological polar surface area (TPSA) is 99.1 Å². The zero-order valence-electron chi connectivity index (χ0n) is 13.7. The number of hydrogen-bond donors (Lipinski definition) is 0. The Labute approximate surface area is 130 Å². The summed E-state index contributed by atoms with van der Waals surface area (Å²) in [5.74, 6) is 0.940. The molecule has 0 aliphatic heterocycles. The minimum absolute atomic E-state index is 0.108. The van der Waals surface area contributed by atoms with E-state index in [4.69, 9.17) is 9.05 Å². The second-order valence-electron chi connectivity index (χ2n) is 6.46. The van der Waals surface area contributed by atoms with Crippen molar-refractivity contribution in [3.8, 4) is 0 Å². The summed E-state index contributed by atoms with van der Waals surface area (Å²) in [6, 6.07) is 0. The molecule has 0 fully saturated rings. The first-order valence-electron chi connectivity index (χ1n) is 7.00. The number of rotatable bonds is 4. The Bertz CT molecular complexity index is 749. The van der Waals surface area contributed by atoms with Crippen LogP contribution in [0.5, 0.6) is 0 Å². The molecule has 0 aromatic carbocycles. The van der Waals surface area contributed by atoms with E-state index in [2.05, 4.69) is 15.3 Å². The second kappa shape index (κ2) is 5.49. The third-order valence-corrected chi connectivity index (χ3v) is 5.50. The van der Waals surface area contributed by atoms with Gasteiger partial charge in [-0.2, -0.15) is 4.98 Å². The molecular weight excluding hydrogens is 306 g/mol. The van der Waals surface area contributed by atoms with Gasteiger partial charge in [-0.3, -0.25) is 0 Å². The van der Waals surface area contributed by atoms with Gasteiger partial charge in [0.2, 0.25) is 5.89 Å². The molecule has 22 heavy (non-hydrogen) atoms. The zero-order valence-corrected chi connectivity index (χ0v) is 14.5. The molecule has 7 nitrogen and oxygen atoms in total. The van der Waals surface area contributed by atoms with Crippen molar-refractivity contribution in [1.29, 1.82) is 0 Å². The highest BCUT2D eigenvalue weighted by atomic mass is 32.2. The SMILES string of the molecule is Cc1noc(C)c1CS(=O)(=O)C(C)c1nc(C(C)(C)C)no1. The summed E-state index contributed by atoms with van der Waals surface area (Å²) in [5, 5.41) is 6.77. The van der Waals surface area contributed by atoms with Crippen molar-refractivity contribution in [2.24, 2.45) is 0 Å². The minimum Gasteiger partial charge on any atom is -0.361 e. The third-order valence-electron chi connectivity index (χ3n) is 3.53. The van der Waals surface area contributed by atoms with Crippen LogP contribution < -0.4 is 0 Å². The molecule has 1 unspecified atom stereocenters. The highest BCUT2D eigenvalue weighted by Gasteiger charge is 2.32. The molecule has 2 aromatic heterocycles. The second-order valence-corrected chi connectivity index (χ2v) is 8.78. The highest BCUT2D eigenvalue weighted by molar-refractivity contribution is 7.90. The highest BCUT2D eigenvalue weighted by Crippen LogP contribution is 2.28. The van der Waals surface area contributed by atoms with Crippen molar-refractivity contribution in [1.82, 2.24) is 15.3 Å². The summed E-state index contributed by atoms with van der Waals surface area (Å²) >= 11 is 0. The molecule has 2 heterocycles. The van der Waals surface area contributed by atoms with Crippen molar-refractivity contribution in [2.45, 2.75) is 58.0 Å². The van der Waals surface area contributed by atoms with E-state index in [0.29, 0.717) is 22.8 Å². The molecule has 2 aromatic rings. The van der Waals surface area contributed by atoms with E-state index < -0.39 is 15.1 Å². The number of sulfone groups is 1. The van der Waals surface area contributed by atoms with Crippen LogP contribution in [0.3, 0.4) is 0 Å². The maximum absolute atomic E-state index is 12.6. The van der Waals surface area contributed by atoms with Crippen LogP contribution in [0.25, 0.3) is 0 Å². The van der Waals surface area contributed by atoms with E-state index in [9.17, 15) is 8.42 Å². The average Bonchev–Trinajstić information content (AvgIpc) is 2.99. The summed E-state index contributed by atoms with van der Waals surface area (Å²) in [7, 11) is -3.51. The average molecular weight is 327 g/mol. The fourth-order valence-electron chi connectivity index (χ4n) is 1.89. The van der Waals surface area contributed by atoms with Gasteiger partial charge in [0.15, 0.2) is 15.7 Å². The number of aryl methyl sites for hydroxylation is 2.